The largest absolute Gasteiger partial charge is 0.497 e. The Hall–Kier alpha value is -3.61. The number of hydrogen-bond acceptors (Lipinski definition) is 10. The number of hydrogen-bond donors (Lipinski definition) is 2. The molecule has 0 saturated carbocycles. The highest BCUT2D eigenvalue weighted by Crippen LogP contribution is 2.40. The highest BCUT2D eigenvalue weighted by Gasteiger charge is 2.16. The van der Waals surface area contributed by atoms with Crippen LogP contribution in [-0.4, -0.2) is 38.3 Å². The molecule has 0 fully saturated rings. The molecule has 0 atom stereocenters. The van der Waals surface area contributed by atoms with Crippen LogP contribution in [0.4, 0.5) is 15.6 Å². The number of rotatable bonds is 6. The lowest BCUT2D eigenvalue weighted by atomic mass is 10.1. The molecule has 164 valence electrons. The zero-order valence-electron chi connectivity index (χ0n) is 17.1. The number of nitrogens with zero attached hydrogens (tertiary/aromatic N) is 5. The second kappa shape index (κ2) is 9.48. The number of methoxy groups -OCH3 is 1. The van der Waals surface area contributed by atoms with Crippen LogP contribution in [-0.2, 0) is 0 Å². The maximum atomic E-state index is 12.3. The summed E-state index contributed by atoms with van der Waals surface area (Å²) >= 11 is 4.21. The summed E-state index contributed by atoms with van der Waals surface area (Å²) in [6, 6.07) is 10.6. The van der Waals surface area contributed by atoms with E-state index in [1.165, 1.54) is 23.1 Å². The molecule has 33 heavy (non-hydrogen) atoms. The van der Waals surface area contributed by atoms with E-state index in [1.807, 2.05) is 12.1 Å². The number of thiophene rings is 1. The molecule has 12 heteroatoms. The van der Waals surface area contributed by atoms with Crippen LogP contribution in [0.3, 0.4) is 0 Å². The first-order valence-corrected chi connectivity index (χ1v) is 12.1. The average Bonchev–Trinajstić information content (AvgIpc) is 3.47. The van der Waals surface area contributed by atoms with Gasteiger partial charge in [-0.25, -0.2) is 14.8 Å². The number of benzene rings is 1. The molecule has 0 unspecified atom stereocenters. The fourth-order valence-electron chi connectivity index (χ4n) is 3.01. The van der Waals surface area contributed by atoms with Gasteiger partial charge in [0.2, 0.25) is 5.13 Å². The zero-order valence-corrected chi connectivity index (χ0v) is 19.5. The van der Waals surface area contributed by atoms with Crippen molar-refractivity contribution in [3.8, 4) is 16.9 Å². The van der Waals surface area contributed by atoms with E-state index < -0.39 is 6.03 Å². The van der Waals surface area contributed by atoms with Crippen molar-refractivity contribution in [1.82, 2.24) is 25.1 Å². The fourth-order valence-corrected chi connectivity index (χ4v) is 5.76. The molecule has 0 aliphatic heterocycles. The molecule has 0 radical (unpaired) electrons. The number of anilines is 2. The van der Waals surface area contributed by atoms with Gasteiger partial charge in [-0.1, -0.05) is 17.4 Å². The number of pyridine rings is 1. The molecular formula is C21H15N7O2S3. The van der Waals surface area contributed by atoms with Gasteiger partial charge in [-0.05, 0) is 41.6 Å². The third-order valence-corrected chi connectivity index (χ3v) is 7.24. The number of fused-ring (bicyclic) bond motifs is 1. The van der Waals surface area contributed by atoms with Crippen LogP contribution in [0, 0.1) is 0 Å². The molecule has 0 saturated heterocycles. The Morgan fingerprint density at radius 3 is 2.82 bits per heavy atom. The predicted molar refractivity (Wildman–Crippen MR) is 130 cm³/mol. The molecule has 1 aromatic carbocycles. The van der Waals surface area contributed by atoms with Crippen LogP contribution in [0.2, 0.25) is 0 Å². The van der Waals surface area contributed by atoms with Crippen molar-refractivity contribution in [2.45, 2.75) is 9.37 Å². The maximum Gasteiger partial charge on any atom is 0.325 e. The van der Waals surface area contributed by atoms with Crippen LogP contribution in [0.1, 0.15) is 0 Å². The Morgan fingerprint density at radius 1 is 1.09 bits per heavy atom. The first kappa shape index (κ1) is 21.2. The maximum absolute atomic E-state index is 12.3. The van der Waals surface area contributed by atoms with Crippen LogP contribution in [0.25, 0.3) is 21.3 Å². The predicted octanol–water partition coefficient (Wildman–Crippen LogP) is 5.41. The topological polar surface area (TPSA) is 115 Å². The van der Waals surface area contributed by atoms with Gasteiger partial charge >= 0.3 is 6.03 Å². The second-order valence-corrected chi connectivity index (χ2v) is 9.60. The van der Waals surface area contributed by atoms with E-state index in [1.54, 1.807) is 61.4 Å². The molecule has 0 bridgehead atoms. The summed E-state index contributed by atoms with van der Waals surface area (Å²) in [5.41, 5.74) is 2.69. The first-order chi connectivity index (χ1) is 16.2. The lowest BCUT2D eigenvalue weighted by Crippen LogP contribution is -2.19. The molecule has 5 aromatic rings. The minimum atomic E-state index is -0.418. The molecule has 0 aliphatic carbocycles. The van der Waals surface area contributed by atoms with Crippen molar-refractivity contribution in [2.75, 3.05) is 17.7 Å². The van der Waals surface area contributed by atoms with Gasteiger partial charge in [0.15, 0.2) is 4.34 Å². The normalized spacial score (nSPS) is 10.8. The van der Waals surface area contributed by atoms with E-state index in [0.29, 0.717) is 20.9 Å². The van der Waals surface area contributed by atoms with E-state index in [0.717, 1.165) is 26.4 Å². The average molecular weight is 494 g/mol. The SMILES string of the molecule is COc1cccc(NC(=O)Nc2nnc(Sc3ncnc4scc(-c5ccncc5)c34)s2)c1. The molecule has 0 spiro atoms. The van der Waals surface area contributed by atoms with Crippen molar-refractivity contribution < 1.29 is 9.53 Å². The Morgan fingerprint density at radius 2 is 1.97 bits per heavy atom. The Kier molecular flexibility index (Phi) is 6.11. The summed E-state index contributed by atoms with van der Waals surface area (Å²) < 4.78 is 5.82. The number of carbonyl (C=O) groups excluding carboxylic acids is 1. The molecule has 9 nitrogen and oxygen atoms in total. The number of urea groups is 1. The molecule has 5 rings (SSSR count). The summed E-state index contributed by atoms with van der Waals surface area (Å²) in [5, 5.41) is 17.9. The first-order valence-electron chi connectivity index (χ1n) is 9.55. The summed E-state index contributed by atoms with van der Waals surface area (Å²) in [4.78, 5) is 26.2. The number of ether oxygens (including phenoxy) is 1. The molecule has 2 amide bonds. The molecule has 4 aromatic heterocycles. The number of nitrogens with one attached hydrogen (secondary N) is 2. The molecule has 2 N–H and O–H groups in total. The van der Waals surface area contributed by atoms with Gasteiger partial charge < -0.3 is 10.1 Å². The van der Waals surface area contributed by atoms with Crippen molar-refractivity contribution >= 4 is 61.5 Å². The number of aromatic nitrogens is 5. The van der Waals surface area contributed by atoms with Gasteiger partial charge in [0.05, 0.1) is 12.5 Å². The lowest BCUT2D eigenvalue weighted by molar-refractivity contribution is 0.262. The lowest BCUT2D eigenvalue weighted by Gasteiger charge is -2.06. The van der Waals surface area contributed by atoms with Gasteiger partial charge in [0.1, 0.15) is 21.9 Å². The Labute approximate surface area is 200 Å². The van der Waals surface area contributed by atoms with E-state index >= 15 is 0 Å². The van der Waals surface area contributed by atoms with Crippen molar-refractivity contribution in [3.05, 3.63) is 60.5 Å². The monoisotopic (exact) mass is 493 g/mol. The van der Waals surface area contributed by atoms with Crippen LogP contribution in [0.5, 0.6) is 5.75 Å². The van der Waals surface area contributed by atoms with Crippen LogP contribution >= 0.6 is 34.4 Å². The van der Waals surface area contributed by atoms with E-state index in [9.17, 15) is 4.79 Å². The Balaban J connectivity index is 1.33. The molecular weight excluding hydrogens is 478 g/mol. The molecule has 0 aliphatic rings. The summed E-state index contributed by atoms with van der Waals surface area (Å²) in [5.74, 6) is 0.651. The minimum Gasteiger partial charge on any atom is -0.497 e. The van der Waals surface area contributed by atoms with Crippen molar-refractivity contribution in [3.63, 3.8) is 0 Å². The van der Waals surface area contributed by atoms with Crippen LogP contribution < -0.4 is 15.4 Å². The van der Waals surface area contributed by atoms with Gasteiger partial charge in [-0.15, -0.1) is 21.5 Å². The summed E-state index contributed by atoms with van der Waals surface area (Å²) in [6.07, 6.45) is 5.06. The zero-order chi connectivity index (χ0) is 22.6. The third kappa shape index (κ3) is 4.77. The third-order valence-electron chi connectivity index (χ3n) is 4.47. The summed E-state index contributed by atoms with van der Waals surface area (Å²) in [7, 11) is 1.57. The highest BCUT2D eigenvalue weighted by atomic mass is 32.2. The smallest absolute Gasteiger partial charge is 0.325 e. The van der Waals surface area contributed by atoms with E-state index in [-0.39, 0.29) is 0 Å². The van der Waals surface area contributed by atoms with Gasteiger partial charge in [0.25, 0.3) is 0 Å². The highest BCUT2D eigenvalue weighted by molar-refractivity contribution is 8.01. The van der Waals surface area contributed by atoms with E-state index in [4.69, 9.17) is 4.74 Å². The summed E-state index contributed by atoms with van der Waals surface area (Å²) in [6.45, 7) is 0. The Bertz CT molecular complexity index is 1420. The van der Waals surface area contributed by atoms with Gasteiger partial charge in [-0.3, -0.25) is 10.3 Å². The van der Waals surface area contributed by atoms with Crippen molar-refractivity contribution in [1.29, 1.82) is 0 Å². The number of carbonyl (C=O) groups is 1. The standard InChI is InChI=1S/C21H15N7O2S3/c1-30-14-4-2-3-13(9-14)25-19(29)26-20-27-28-21(33-20)32-18-16-15(12-5-7-22-8-6-12)10-31-17(16)23-11-24-18/h2-11H,1H3,(H2,25,26,27,29). The second-order valence-electron chi connectivity index (χ2n) is 6.53. The number of amides is 2. The van der Waals surface area contributed by atoms with E-state index in [2.05, 4.69) is 41.2 Å². The quantitative estimate of drug-likeness (QED) is 0.238. The fraction of sp³-hybridized carbons (Fsp3) is 0.0476. The molecule has 4 heterocycles. The minimum absolute atomic E-state index is 0.378. The van der Waals surface area contributed by atoms with Crippen LogP contribution in [0.15, 0.2) is 69.9 Å². The van der Waals surface area contributed by atoms with Crippen molar-refractivity contribution in [2.24, 2.45) is 0 Å². The van der Waals surface area contributed by atoms with Gasteiger partial charge in [0, 0.05) is 35.1 Å². The van der Waals surface area contributed by atoms with Gasteiger partial charge in [-0.2, -0.15) is 0 Å².